The summed E-state index contributed by atoms with van der Waals surface area (Å²) in [6.07, 6.45) is -2.65. The van der Waals surface area contributed by atoms with Gasteiger partial charge in [0.2, 0.25) is 0 Å². The van der Waals surface area contributed by atoms with E-state index in [-0.39, 0.29) is 0 Å². The normalized spacial score (nSPS) is 23.9. The number of thiol groups is 1. The summed E-state index contributed by atoms with van der Waals surface area (Å²) in [7, 11) is 5.03. The van der Waals surface area contributed by atoms with Crippen molar-refractivity contribution in [1.29, 1.82) is 0 Å². The van der Waals surface area contributed by atoms with E-state index in [4.69, 9.17) is 12.5 Å². The van der Waals surface area contributed by atoms with Crippen molar-refractivity contribution in [3.8, 4) is 0 Å². The molecule has 0 saturated heterocycles. The molecule has 2 nitrogen and oxygen atoms in total. The zero-order chi connectivity index (χ0) is 7.71. The second-order valence-corrected chi connectivity index (χ2v) is 10.0. The summed E-state index contributed by atoms with van der Waals surface area (Å²) in [4.78, 5) is 8.78. The molecule has 9 heavy (non-hydrogen) atoms. The van der Waals surface area contributed by atoms with Crippen LogP contribution >= 0.6 is 24.5 Å². The largest absolute Gasteiger partial charge is 0.384 e. The molecule has 0 heterocycles. The zero-order valence-corrected chi connectivity index (χ0v) is 8.26. The van der Waals surface area contributed by atoms with Gasteiger partial charge in [-0.25, -0.2) is 0 Å². The Bertz CT molecular complexity index is 161. The van der Waals surface area contributed by atoms with Gasteiger partial charge in [0, 0.05) is 0 Å². The van der Waals surface area contributed by atoms with Crippen LogP contribution in [0.5, 0.6) is 0 Å². The number of rotatable bonds is 2. The first kappa shape index (κ1) is 10.3. The molecule has 0 rings (SSSR count). The van der Waals surface area contributed by atoms with Crippen molar-refractivity contribution in [2.45, 2.75) is 0 Å². The number of hydrogen-bond donors (Lipinski definition) is 2. The fourth-order valence-electron chi connectivity index (χ4n) is 0.307. The molecular weight excluding hydrogens is 192 g/mol. The van der Waals surface area contributed by atoms with Gasteiger partial charge in [0.15, 0.2) is 0 Å². The van der Waals surface area contributed by atoms with Crippen LogP contribution in [-0.4, -0.2) is 25.8 Å². The topological polar surface area (TPSA) is 37.3 Å². The third kappa shape index (κ3) is 9.32. The Morgan fingerprint density at radius 3 is 2.22 bits per heavy atom. The van der Waals surface area contributed by atoms with Crippen molar-refractivity contribution in [1.82, 2.24) is 0 Å². The number of hydrogen-bond acceptors (Lipinski definition) is 2. The Morgan fingerprint density at radius 1 is 1.89 bits per heavy atom. The van der Waals surface area contributed by atoms with Crippen LogP contribution in [-0.2, 0) is 16.4 Å². The Balaban J connectivity index is 4.07. The molecule has 0 aliphatic heterocycles. The maximum atomic E-state index is 10.8. The summed E-state index contributed by atoms with van der Waals surface area (Å²) < 4.78 is 10.8. The van der Waals surface area contributed by atoms with E-state index in [1.54, 1.807) is 0 Å². The van der Waals surface area contributed by atoms with Crippen LogP contribution in [0.3, 0.4) is 0 Å². The predicted molar refractivity (Wildman–Crippen MR) is 50.5 cm³/mol. The highest BCUT2D eigenvalue weighted by Crippen LogP contribution is 2.55. The fraction of sp³-hybridized carbons (Fsp3) is 1.00. The third-order valence-corrected chi connectivity index (χ3v) is 5.20. The van der Waals surface area contributed by atoms with Gasteiger partial charge in [0.1, 0.15) is 7.57 Å². The van der Waals surface area contributed by atoms with Gasteiger partial charge >= 0.3 is 0 Å². The van der Waals surface area contributed by atoms with Gasteiger partial charge in [-0.3, -0.25) is 0 Å². The Morgan fingerprint density at radius 2 is 2.22 bits per heavy atom. The Hall–Kier alpha value is 1.32. The smallest absolute Gasteiger partial charge is 0.278 e. The van der Waals surface area contributed by atoms with Crippen molar-refractivity contribution in [2.75, 3.05) is 6.66 Å². The van der Waals surface area contributed by atoms with E-state index in [2.05, 4.69) is 24.1 Å². The average Bonchev–Trinajstić information content (AvgIpc) is 1.14. The van der Waals surface area contributed by atoms with E-state index in [9.17, 15) is 4.57 Å². The Kier molecular flexibility index (Phi) is 3.61. The van der Waals surface area contributed by atoms with Crippen LogP contribution in [0, 0.1) is 0 Å². The molecule has 2 unspecified atom stereocenters. The summed E-state index contributed by atoms with van der Waals surface area (Å²) in [6.45, 7) is 2.43. The SMILES string of the molecule is [B]P(O)(=S)[B]P(C)(=O)S. The van der Waals surface area contributed by atoms with Gasteiger partial charge < -0.3 is 9.46 Å². The highest BCUT2D eigenvalue weighted by atomic mass is 32.7. The first-order valence-electron chi connectivity index (χ1n) is 1.99. The minimum Gasteiger partial charge on any atom is -0.384 e. The van der Waals surface area contributed by atoms with Crippen LogP contribution < -0.4 is 0 Å². The van der Waals surface area contributed by atoms with Crippen LogP contribution in [0.25, 0.3) is 0 Å². The van der Waals surface area contributed by atoms with Gasteiger partial charge in [0.05, 0.1) is 6.22 Å². The van der Waals surface area contributed by atoms with Gasteiger partial charge in [-0.1, -0.05) is 11.8 Å². The second-order valence-electron chi connectivity index (χ2n) is 1.73. The molecule has 0 aliphatic rings. The standard InChI is InChI=1S/CH5B2O2P2S2/c1-6(4,8)3-7(2,5)9/h1H3,(H,4,8)(H,5,9). The highest BCUT2D eigenvalue weighted by molar-refractivity contribution is 8.66. The summed E-state index contributed by atoms with van der Waals surface area (Å²) >= 11 is 8.07. The molecule has 0 aliphatic carbocycles. The molecule has 3 radical (unpaired) electrons. The van der Waals surface area contributed by atoms with Crippen molar-refractivity contribution in [3.05, 3.63) is 0 Å². The first-order chi connectivity index (χ1) is 3.71. The lowest BCUT2D eigenvalue weighted by atomic mass is 10.7. The lowest BCUT2D eigenvalue weighted by molar-refractivity contribution is 0.596. The molecule has 0 aromatic carbocycles. The maximum absolute atomic E-state index is 10.8. The van der Waals surface area contributed by atoms with E-state index in [1.165, 1.54) is 6.66 Å². The van der Waals surface area contributed by atoms with Crippen LogP contribution in [0.15, 0.2) is 0 Å². The molecular formula is CH5B2O2P2S2. The van der Waals surface area contributed by atoms with Crippen molar-refractivity contribution in [2.24, 2.45) is 0 Å². The zero-order valence-electron chi connectivity index (χ0n) is 4.76. The quantitative estimate of drug-likeness (QED) is 0.391. The van der Waals surface area contributed by atoms with Crippen molar-refractivity contribution >= 4 is 50.6 Å². The predicted octanol–water partition coefficient (Wildman–Crippen LogP) is 0.829. The van der Waals surface area contributed by atoms with E-state index in [1.807, 2.05) is 0 Å². The lowest BCUT2D eigenvalue weighted by Crippen LogP contribution is -1.89. The molecule has 0 aromatic rings. The van der Waals surface area contributed by atoms with Gasteiger partial charge in [0.25, 0.3) is 6.72 Å². The first-order valence-corrected chi connectivity index (χ1v) is 8.26. The van der Waals surface area contributed by atoms with Gasteiger partial charge in [-0.05, 0) is 12.7 Å². The van der Waals surface area contributed by atoms with Crippen molar-refractivity contribution < 1.29 is 9.46 Å². The second kappa shape index (κ2) is 3.15. The maximum Gasteiger partial charge on any atom is 0.278 e. The highest BCUT2D eigenvalue weighted by Gasteiger charge is 2.19. The lowest BCUT2D eigenvalue weighted by Gasteiger charge is -2.08. The average molecular weight is 197 g/mol. The third-order valence-electron chi connectivity index (χ3n) is 0.380. The van der Waals surface area contributed by atoms with Crippen LogP contribution in [0.4, 0.5) is 0 Å². The molecule has 0 fully saturated rings. The van der Waals surface area contributed by atoms with Gasteiger partial charge in [-0.15, -0.1) is 12.2 Å². The molecule has 8 heteroatoms. The van der Waals surface area contributed by atoms with E-state index >= 15 is 0 Å². The molecule has 2 atom stereocenters. The Labute approximate surface area is 66.9 Å². The summed E-state index contributed by atoms with van der Waals surface area (Å²) in [5.74, 6) is 0. The molecule has 0 amide bonds. The molecule has 49 valence electrons. The summed E-state index contributed by atoms with van der Waals surface area (Å²) in [5, 5.41) is 0. The van der Waals surface area contributed by atoms with Gasteiger partial charge in [-0.2, -0.15) is 0 Å². The monoisotopic (exact) mass is 197 g/mol. The minimum atomic E-state index is -2.92. The minimum absolute atomic E-state index is 1.05. The van der Waals surface area contributed by atoms with Crippen molar-refractivity contribution in [3.63, 3.8) is 0 Å². The van der Waals surface area contributed by atoms with E-state index < -0.39 is 12.2 Å². The molecule has 0 saturated carbocycles. The van der Waals surface area contributed by atoms with E-state index in [0.717, 1.165) is 6.72 Å². The van der Waals surface area contributed by atoms with E-state index in [0.29, 0.717) is 0 Å². The summed E-state index contributed by atoms with van der Waals surface area (Å²) in [6, 6.07) is -2.92. The summed E-state index contributed by atoms with van der Waals surface area (Å²) in [5.41, 5.74) is 0. The molecule has 1 N–H and O–H groups in total. The molecule has 0 spiro atoms. The molecule has 0 aromatic heterocycles. The van der Waals surface area contributed by atoms with Crippen LogP contribution in [0.2, 0.25) is 0 Å². The van der Waals surface area contributed by atoms with Crippen LogP contribution in [0.1, 0.15) is 0 Å². The molecule has 0 bridgehead atoms. The fourth-order valence-corrected chi connectivity index (χ4v) is 6.43.